The summed E-state index contributed by atoms with van der Waals surface area (Å²) in [4.78, 5) is 0. The molecular formula is C72H60B2N2O8. The van der Waals surface area contributed by atoms with Crippen LogP contribution in [-0.4, -0.2) is 13.9 Å². The van der Waals surface area contributed by atoms with E-state index in [-0.39, 0.29) is 26.4 Å². The molecule has 0 unspecified atom stereocenters. The monoisotopic (exact) mass is 1100 g/mol. The van der Waals surface area contributed by atoms with Gasteiger partial charge in [0.05, 0.1) is 23.0 Å². The van der Waals surface area contributed by atoms with Gasteiger partial charge in [-0.05, 0) is 67.4 Å². The zero-order valence-corrected chi connectivity index (χ0v) is 46.3. The number of hydrogen-bond donors (Lipinski definition) is 2. The largest absolute Gasteiger partial charge is 0.652 e. The Morgan fingerprint density at radius 2 is 0.476 bits per heavy atom. The van der Waals surface area contributed by atoms with Gasteiger partial charge in [0, 0.05) is 93.2 Å². The van der Waals surface area contributed by atoms with Gasteiger partial charge >= 0.3 is 13.9 Å². The molecule has 0 aromatic heterocycles. The quantitative estimate of drug-likeness (QED) is 0.145. The van der Waals surface area contributed by atoms with Gasteiger partial charge in [0.15, 0.2) is 0 Å². The molecule has 0 saturated heterocycles. The molecule has 412 valence electrons. The number of quaternary nitrogens is 2. The minimum atomic E-state index is -2.79. The van der Waals surface area contributed by atoms with E-state index < -0.39 is 13.9 Å². The molecule has 12 aromatic carbocycles. The van der Waals surface area contributed by atoms with Gasteiger partial charge in [-0.3, -0.25) is 0 Å². The molecule has 17 rings (SSSR count). The van der Waals surface area contributed by atoms with Crippen LogP contribution < -0.4 is 29.3 Å². The molecule has 0 fully saturated rings. The molecule has 4 N–H and O–H groups in total. The Bertz CT molecular complexity index is 3860. The van der Waals surface area contributed by atoms with Crippen molar-refractivity contribution in [3.8, 4) is 45.3 Å². The minimum absolute atomic E-state index is 0.214. The number of benzene rings is 12. The van der Waals surface area contributed by atoms with Crippen LogP contribution in [-0.2, 0) is 71.2 Å². The van der Waals surface area contributed by atoms with Gasteiger partial charge in [0.1, 0.15) is 26.2 Å². The molecule has 2 spiro atoms. The van der Waals surface area contributed by atoms with Crippen molar-refractivity contribution < 1.29 is 47.9 Å². The van der Waals surface area contributed by atoms with E-state index in [0.29, 0.717) is 23.0 Å². The first kappa shape index (κ1) is 51.6. The second-order valence-corrected chi connectivity index (χ2v) is 22.1. The number of fused-ring (bicyclic) bond motifs is 10. The van der Waals surface area contributed by atoms with E-state index in [4.69, 9.17) is 37.2 Å². The average molecular weight is 1100 g/mol. The van der Waals surface area contributed by atoms with E-state index in [9.17, 15) is 0 Å². The van der Waals surface area contributed by atoms with Gasteiger partial charge in [0.25, 0.3) is 0 Å². The fourth-order valence-corrected chi connectivity index (χ4v) is 12.5. The lowest BCUT2D eigenvalue weighted by Crippen LogP contribution is -2.80. The van der Waals surface area contributed by atoms with E-state index in [1.165, 1.54) is 22.3 Å². The molecule has 0 amide bonds. The van der Waals surface area contributed by atoms with Crippen molar-refractivity contribution in [2.45, 2.75) is 52.6 Å². The summed E-state index contributed by atoms with van der Waals surface area (Å²) in [5.74, 6) is 2.49. The molecule has 6 bridgehead atoms. The van der Waals surface area contributed by atoms with E-state index in [0.717, 1.165) is 114 Å². The van der Waals surface area contributed by atoms with Gasteiger partial charge in [-0.2, -0.15) is 0 Å². The van der Waals surface area contributed by atoms with Crippen molar-refractivity contribution in [1.82, 2.24) is 0 Å². The third-order valence-corrected chi connectivity index (χ3v) is 16.5. The zero-order valence-electron chi connectivity index (χ0n) is 46.3. The summed E-state index contributed by atoms with van der Waals surface area (Å²) >= 11 is 0. The molecule has 10 nitrogen and oxygen atoms in total. The van der Waals surface area contributed by atoms with Crippen LogP contribution in [0.3, 0.4) is 0 Å². The maximum atomic E-state index is 7.10. The van der Waals surface area contributed by atoms with E-state index in [1.807, 2.05) is 48.5 Å². The second-order valence-electron chi connectivity index (χ2n) is 22.1. The van der Waals surface area contributed by atoms with Crippen LogP contribution in [0.4, 0.5) is 0 Å². The smallest absolute Gasteiger partial charge is 0.634 e. The highest BCUT2D eigenvalue weighted by atomic mass is 16.9. The highest BCUT2D eigenvalue weighted by Crippen LogP contribution is 2.57. The average Bonchev–Trinajstić information content (AvgIpc) is 0.980. The Hall–Kier alpha value is -9.23. The van der Waals surface area contributed by atoms with Crippen LogP contribution in [0.15, 0.2) is 243 Å². The van der Waals surface area contributed by atoms with Gasteiger partial charge < -0.3 is 47.9 Å². The Labute approximate surface area is 487 Å². The third-order valence-electron chi connectivity index (χ3n) is 16.5. The number of hydrogen-bond acceptors (Lipinski definition) is 8. The summed E-state index contributed by atoms with van der Waals surface area (Å²) in [6.07, 6.45) is 0. The van der Waals surface area contributed by atoms with E-state index in [2.05, 4.69) is 205 Å². The van der Waals surface area contributed by atoms with Gasteiger partial charge in [0.2, 0.25) is 0 Å². The first-order valence-electron chi connectivity index (χ1n) is 29.1. The summed E-state index contributed by atoms with van der Waals surface area (Å²) in [6.45, 7) is -0.508. The van der Waals surface area contributed by atoms with Crippen molar-refractivity contribution in [2.24, 2.45) is 0 Å². The summed E-state index contributed by atoms with van der Waals surface area (Å²) < 4.78 is 54.8. The first-order valence-corrected chi connectivity index (χ1v) is 29.1. The fraction of sp³-hybridized carbons (Fsp3) is 0.111. The summed E-state index contributed by atoms with van der Waals surface area (Å²) in [5, 5.41) is 12.7. The number of nitrogens with two attached hydrogens (primary N) is 2. The highest BCUT2D eigenvalue weighted by Gasteiger charge is 2.49. The van der Waals surface area contributed by atoms with Gasteiger partial charge in [-0.1, -0.05) is 218 Å². The third kappa shape index (κ3) is 9.88. The van der Waals surface area contributed by atoms with Gasteiger partial charge in [-0.25, -0.2) is 0 Å². The SMILES string of the molecule is c1ccc(C[NH2+]Cc2ccccc2)cc1.c1ccc(C[NH2+]Cc2ccccc2)cc1.c1ccc2c3c4c(cc2c1)CO[B-]1(OCc2cc5ccccc5c(c2O1)-c1c2c(cc5ccccc15)CO[B-]1(OCc5cc6ccccc6c-3c5O1)O2)O4. The molecule has 0 radical (unpaired) electrons. The molecule has 0 atom stereocenters. The topological polar surface area (TPSA) is 107 Å². The standard InChI is InChI=1S/C44H28B2O8.2C14H15N/c1-5-13-33-25(9-1)17-29-21-47-45-48-23-31-19-27-11-3-7-15-35(27)39(43(31)53-45)40-36-16-8-4-12-28(36)20-32-24-50-46(54-44(32)40)49-22-30-18-26-10-2-6-14-34(26)38(42(30)52-46)37(33)41(29)51-45;2*1-3-7-13(8-4-1)11-15-12-14-9-5-2-6-10-14/h1-20H,21-24H2;2*1-10,15H,11-12H2/q-2;;/p+2. The van der Waals surface area contributed by atoms with E-state index >= 15 is 0 Å². The summed E-state index contributed by atoms with van der Waals surface area (Å²) in [6, 6.07) is 84.0. The van der Waals surface area contributed by atoms with Crippen LogP contribution >= 0.6 is 0 Å². The van der Waals surface area contributed by atoms with Crippen LogP contribution in [0, 0.1) is 0 Å². The molecule has 84 heavy (non-hydrogen) atoms. The summed E-state index contributed by atoms with van der Waals surface area (Å²) in [7, 11) is 0. The predicted octanol–water partition coefficient (Wildman–Crippen LogP) is 13.8. The fourth-order valence-electron chi connectivity index (χ4n) is 12.5. The van der Waals surface area contributed by atoms with Crippen molar-refractivity contribution in [3.05, 3.63) is 287 Å². The van der Waals surface area contributed by atoms with Crippen molar-refractivity contribution in [3.63, 3.8) is 0 Å². The Balaban J connectivity index is 0.000000163. The van der Waals surface area contributed by atoms with Crippen LogP contribution in [0.1, 0.15) is 44.5 Å². The number of rotatable bonds is 8. The lowest BCUT2D eigenvalue weighted by atomic mass is 9.83. The van der Waals surface area contributed by atoms with E-state index in [1.54, 1.807) is 0 Å². The lowest BCUT2D eigenvalue weighted by molar-refractivity contribution is -0.686. The van der Waals surface area contributed by atoms with Crippen LogP contribution in [0.5, 0.6) is 23.0 Å². The van der Waals surface area contributed by atoms with Crippen LogP contribution in [0.25, 0.3) is 65.3 Å². The Morgan fingerprint density at radius 3 is 0.714 bits per heavy atom. The molecule has 0 aliphatic carbocycles. The molecule has 12 aromatic rings. The Kier molecular flexibility index (Phi) is 13.6. The first-order chi connectivity index (χ1) is 41.5. The molecule has 5 aliphatic heterocycles. The predicted molar refractivity (Wildman–Crippen MR) is 331 cm³/mol. The maximum Gasteiger partial charge on any atom is 0.652 e. The molecular weight excluding hydrogens is 1040 g/mol. The molecule has 5 heterocycles. The Morgan fingerprint density at radius 1 is 0.262 bits per heavy atom. The van der Waals surface area contributed by atoms with Crippen molar-refractivity contribution in [2.75, 3.05) is 0 Å². The van der Waals surface area contributed by atoms with Crippen LogP contribution in [0.2, 0.25) is 0 Å². The molecule has 5 aliphatic rings. The molecule has 0 saturated carbocycles. The maximum absolute atomic E-state index is 7.10. The van der Waals surface area contributed by atoms with Gasteiger partial charge in [-0.15, -0.1) is 0 Å². The lowest BCUT2D eigenvalue weighted by Gasteiger charge is -2.51. The highest BCUT2D eigenvalue weighted by molar-refractivity contribution is 6.57. The second kappa shape index (κ2) is 22.2. The summed E-state index contributed by atoms with van der Waals surface area (Å²) in [5.41, 5.74) is 12.4. The van der Waals surface area contributed by atoms with Crippen molar-refractivity contribution >= 4 is 57.0 Å². The van der Waals surface area contributed by atoms with Crippen molar-refractivity contribution in [1.29, 1.82) is 0 Å². The normalized spacial score (nSPS) is 15.1. The minimum Gasteiger partial charge on any atom is -0.634 e. The molecule has 12 heteroatoms. The zero-order chi connectivity index (χ0) is 55.9.